The van der Waals surface area contributed by atoms with Crippen molar-refractivity contribution < 1.29 is 23.8 Å². The van der Waals surface area contributed by atoms with E-state index in [9.17, 15) is 9.59 Å². The van der Waals surface area contributed by atoms with Crippen LogP contribution in [0, 0.1) is 20.8 Å². The number of carbonyl (C=O) groups is 2. The van der Waals surface area contributed by atoms with Crippen LogP contribution in [0.3, 0.4) is 0 Å². The van der Waals surface area contributed by atoms with Crippen LogP contribution in [0.5, 0.6) is 5.75 Å². The number of ether oxygens (including phenoxy) is 3. The zero-order chi connectivity index (χ0) is 43.2. The van der Waals surface area contributed by atoms with E-state index in [1.54, 1.807) is 7.11 Å². The van der Waals surface area contributed by atoms with Crippen molar-refractivity contribution in [3.8, 4) is 5.75 Å². The highest BCUT2D eigenvalue weighted by molar-refractivity contribution is 6.37. The maximum absolute atomic E-state index is 12.4. The number of anilines is 1. The van der Waals surface area contributed by atoms with E-state index in [0.29, 0.717) is 75.1 Å². The molecule has 4 aromatic rings. The first-order chi connectivity index (χ1) is 29.0. The van der Waals surface area contributed by atoms with Crippen LogP contribution < -0.4 is 15.4 Å². The number of amides is 1. The van der Waals surface area contributed by atoms with Gasteiger partial charge in [0, 0.05) is 84.9 Å². The molecule has 0 radical (unpaired) electrons. The third kappa shape index (κ3) is 11.7. The van der Waals surface area contributed by atoms with E-state index >= 15 is 0 Å². The number of aryl methyl sites for hydroxylation is 3. The smallest absolute Gasteiger partial charge is 0.207 e. The van der Waals surface area contributed by atoms with Gasteiger partial charge >= 0.3 is 0 Å². The number of morpholine rings is 1. The quantitative estimate of drug-likeness (QED) is 0.0351. The highest BCUT2D eigenvalue weighted by atomic mass is 35.5. The molecule has 0 unspecified atom stereocenters. The van der Waals surface area contributed by atoms with Gasteiger partial charge in [-0.1, -0.05) is 29.3 Å². The molecule has 1 aliphatic heterocycles. The van der Waals surface area contributed by atoms with Gasteiger partial charge in [0.05, 0.1) is 54.9 Å². The number of benzene rings is 3. The summed E-state index contributed by atoms with van der Waals surface area (Å²) in [4.78, 5) is 35.5. The highest BCUT2D eigenvalue weighted by Gasteiger charge is 2.23. The number of aliphatic imine (C=N–C) groups is 2. The fourth-order valence-corrected chi connectivity index (χ4v) is 8.09. The van der Waals surface area contributed by atoms with E-state index in [0.717, 1.165) is 117 Å². The Labute approximate surface area is 364 Å². The molecule has 320 valence electrons. The number of methoxy groups -OCH3 is 1. The lowest BCUT2D eigenvalue weighted by Gasteiger charge is -2.26. The molecule has 1 aliphatic rings. The Hall–Kier alpha value is -4.78. The normalized spacial score (nSPS) is 14.3. The topological polar surface area (TPSA) is 119 Å². The Morgan fingerprint density at radius 1 is 0.983 bits per heavy atom. The molecule has 0 bridgehead atoms. The van der Waals surface area contributed by atoms with Crippen LogP contribution in [0.15, 0.2) is 58.1 Å². The minimum Gasteiger partial charge on any atom is -0.494 e. The lowest BCUT2D eigenvalue weighted by molar-refractivity contribution is -0.109. The minimum atomic E-state index is 0.381. The van der Waals surface area contributed by atoms with Crippen LogP contribution in [-0.4, -0.2) is 107 Å². The SMILES string of the molecule is C=N/C(C)=C(\C(C)=NCCN1CCOCC1)c1c(Cl)ccc(/C(=C/c2cc(C)cc3cc(C=O)n(CCOC)c23)CCCOc2cc(C)c(Cl)c(C)c2)c1NCCNC=O. The van der Waals surface area contributed by atoms with E-state index in [1.165, 1.54) is 0 Å². The van der Waals surface area contributed by atoms with E-state index in [-0.39, 0.29) is 0 Å². The number of hydrogen-bond acceptors (Lipinski definition) is 9. The third-order valence-electron chi connectivity index (χ3n) is 10.7. The Morgan fingerprint density at radius 2 is 1.73 bits per heavy atom. The van der Waals surface area contributed by atoms with Crippen molar-refractivity contribution in [2.24, 2.45) is 9.98 Å². The molecule has 2 N–H and O–H groups in total. The molecule has 1 fully saturated rings. The van der Waals surface area contributed by atoms with E-state index in [4.69, 9.17) is 42.4 Å². The second-order valence-corrected chi connectivity index (χ2v) is 15.8. The average Bonchev–Trinajstić information content (AvgIpc) is 3.60. The molecule has 60 heavy (non-hydrogen) atoms. The molecule has 0 atom stereocenters. The largest absolute Gasteiger partial charge is 0.494 e. The fraction of sp³-hybridized carbons (Fsp3) is 0.404. The maximum atomic E-state index is 12.4. The molecule has 0 aliphatic carbocycles. The van der Waals surface area contributed by atoms with Gasteiger partial charge in [-0.2, -0.15) is 0 Å². The third-order valence-corrected chi connectivity index (χ3v) is 11.6. The van der Waals surface area contributed by atoms with Crippen molar-refractivity contribution in [1.29, 1.82) is 0 Å². The Bertz CT molecular complexity index is 2230. The predicted molar refractivity (Wildman–Crippen MR) is 249 cm³/mol. The molecule has 0 spiro atoms. The summed E-state index contributed by atoms with van der Waals surface area (Å²) in [6.07, 6.45) is 5.08. The van der Waals surface area contributed by atoms with Crippen molar-refractivity contribution in [3.63, 3.8) is 0 Å². The van der Waals surface area contributed by atoms with Crippen LogP contribution in [0.1, 0.15) is 70.6 Å². The molecule has 0 saturated carbocycles. The second kappa shape index (κ2) is 22.7. The standard InChI is InChI=1S/C47H58Cl2N6O5/c1-31-23-37(47-38(24-31)28-39(29-56)55(47)18-20-58-7)27-36(9-8-19-60-40-25-32(2)45(49)33(3)26-40)41-10-11-42(48)44(46(41)53-13-12-51-30-57)43(34(4)50-6)35(5)52-14-15-54-16-21-59-22-17-54/h10-11,23-30,53H,6,8-9,12-22H2,1-5,7H3,(H,51,57)/b36-27+,43-34+,52-35?. The first-order valence-electron chi connectivity index (χ1n) is 20.4. The molecular formula is C47H58Cl2N6O5. The van der Waals surface area contributed by atoms with Crippen LogP contribution in [0.25, 0.3) is 28.1 Å². The summed E-state index contributed by atoms with van der Waals surface area (Å²) < 4.78 is 19.4. The lowest BCUT2D eigenvalue weighted by Crippen LogP contribution is -2.37. The zero-order valence-electron chi connectivity index (χ0n) is 35.8. The molecule has 13 heteroatoms. The van der Waals surface area contributed by atoms with Gasteiger partial charge in [-0.3, -0.25) is 24.5 Å². The van der Waals surface area contributed by atoms with Gasteiger partial charge in [0.15, 0.2) is 6.29 Å². The van der Waals surface area contributed by atoms with Gasteiger partial charge in [-0.15, -0.1) is 0 Å². The number of rotatable bonds is 22. The second-order valence-electron chi connectivity index (χ2n) is 15.0. The molecule has 5 rings (SSSR count). The summed E-state index contributed by atoms with van der Waals surface area (Å²) in [5, 5.41) is 8.64. The minimum absolute atomic E-state index is 0.381. The Morgan fingerprint density at radius 3 is 2.42 bits per heavy atom. The number of hydrogen-bond donors (Lipinski definition) is 2. The van der Waals surface area contributed by atoms with Crippen molar-refractivity contribution in [3.05, 3.63) is 97.3 Å². The Kier molecular flexibility index (Phi) is 17.5. The number of fused-ring (bicyclic) bond motifs is 1. The fourth-order valence-electron chi connectivity index (χ4n) is 7.73. The summed E-state index contributed by atoms with van der Waals surface area (Å²) in [6.45, 7) is 20.6. The van der Waals surface area contributed by atoms with Crippen molar-refractivity contribution in [1.82, 2.24) is 14.8 Å². The van der Waals surface area contributed by atoms with E-state index < -0.39 is 0 Å². The molecule has 1 amide bonds. The van der Waals surface area contributed by atoms with E-state index in [1.807, 2.05) is 62.6 Å². The monoisotopic (exact) mass is 856 g/mol. The van der Waals surface area contributed by atoms with Crippen molar-refractivity contribution >= 4 is 82.1 Å². The molecule has 2 heterocycles. The van der Waals surface area contributed by atoms with Gasteiger partial charge in [-0.25, -0.2) is 0 Å². The van der Waals surface area contributed by atoms with Crippen LogP contribution in [0.4, 0.5) is 5.69 Å². The number of halogens is 2. The first kappa shape index (κ1) is 46.3. The summed E-state index contributed by atoms with van der Waals surface area (Å²) in [6, 6.07) is 14.1. The van der Waals surface area contributed by atoms with Crippen molar-refractivity contribution in [2.75, 3.05) is 78.1 Å². The summed E-state index contributed by atoms with van der Waals surface area (Å²) in [5.74, 6) is 0.766. The van der Waals surface area contributed by atoms with Crippen LogP contribution >= 0.6 is 23.2 Å². The summed E-state index contributed by atoms with van der Waals surface area (Å²) in [7, 11) is 1.66. The number of nitrogens with zero attached hydrogens (tertiary/aromatic N) is 4. The molecule has 11 nitrogen and oxygen atoms in total. The average molecular weight is 858 g/mol. The predicted octanol–water partition coefficient (Wildman–Crippen LogP) is 9.11. The number of carbonyl (C=O) groups excluding carboxylic acids is 2. The van der Waals surface area contributed by atoms with Crippen LogP contribution in [0.2, 0.25) is 10.0 Å². The lowest BCUT2D eigenvalue weighted by atomic mass is 9.90. The molecule has 1 saturated heterocycles. The van der Waals surface area contributed by atoms with Crippen LogP contribution in [-0.2, 0) is 20.8 Å². The molecule has 3 aromatic carbocycles. The highest BCUT2D eigenvalue weighted by Crippen LogP contribution is 2.42. The van der Waals surface area contributed by atoms with Gasteiger partial charge in [0.1, 0.15) is 5.75 Å². The molecular weight excluding hydrogens is 799 g/mol. The number of allylic oxidation sites excluding steroid dienone is 3. The summed E-state index contributed by atoms with van der Waals surface area (Å²) in [5.41, 5.74) is 11.1. The molecule has 1 aromatic heterocycles. The number of aromatic nitrogens is 1. The van der Waals surface area contributed by atoms with E-state index in [2.05, 4.69) is 52.4 Å². The van der Waals surface area contributed by atoms with Gasteiger partial charge in [0.2, 0.25) is 6.41 Å². The first-order valence-corrected chi connectivity index (χ1v) is 21.2. The van der Waals surface area contributed by atoms with Gasteiger partial charge in [0.25, 0.3) is 0 Å². The number of aldehydes is 1. The zero-order valence-corrected chi connectivity index (χ0v) is 37.3. The number of nitrogens with one attached hydrogen (secondary N) is 2. The Balaban J connectivity index is 1.68. The van der Waals surface area contributed by atoms with Crippen molar-refractivity contribution in [2.45, 2.75) is 54.0 Å². The van der Waals surface area contributed by atoms with Gasteiger partial charge < -0.3 is 29.4 Å². The maximum Gasteiger partial charge on any atom is 0.207 e. The van der Waals surface area contributed by atoms with Gasteiger partial charge in [-0.05, 0) is 124 Å². The summed E-state index contributed by atoms with van der Waals surface area (Å²) >= 11 is 13.7.